The largest absolute Gasteiger partial charge is 0.500 e. The number of nitrogens with zero attached hydrogens (tertiary/aromatic N) is 2. The van der Waals surface area contributed by atoms with Gasteiger partial charge in [-0.1, -0.05) is 81.5 Å². The summed E-state index contributed by atoms with van der Waals surface area (Å²) in [5.74, 6) is -0.275. The van der Waals surface area contributed by atoms with Gasteiger partial charge in [0.15, 0.2) is 0 Å². The van der Waals surface area contributed by atoms with E-state index in [1.165, 1.54) is 16.8 Å². The summed E-state index contributed by atoms with van der Waals surface area (Å²) in [5.41, 5.74) is 6.73. The number of benzene rings is 3. The van der Waals surface area contributed by atoms with Gasteiger partial charge in [0, 0.05) is 50.0 Å². The van der Waals surface area contributed by atoms with E-state index in [0.717, 1.165) is 29.3 Å². The zero-order valence-corrected chi connectivity index (χ0v) is 30.2. The van der Waals surface area contributed by atoms with Crippen molar-refractivity contribution in [1.29, 1.82) is 0 Å². The van der Waals surface area contributed by atoms with E-state index in [1.54, 1.807) is 18.3 Å². The molecule has 3 heterocycles. The summed E-state index contributed by atoms with van der Waals surface area (Å²) in [4.78, 5) is 9.08. The quantitative estimate of drug-likeness (QED) is 0.125. The van der Waals surface area contributed by atoms with Gasteiger partial charge >= 0.3 is 0 Å². The van der Waals surface area contributed by atoms with E-state index in [9.17, 15) is 8.78 Å². The molecule has 0 bridgehead atoms. The summed E-state index contributed by atoms with van der Waals surface area (Å²) in [5, 5.41) is 2.36. The molecule has 3 nitrogen and oxygen atoms in total. The first-order valence-corrected chi connectivity index (χ1v) is 18.6. The van der Waals surface area contributed by atoms with E-state index < -0.39 is 19.7 Å². The van der Waals surface area contributed by atoms with Gasteiger partial charge in [0.2, 0.25) is 0 Å². The van der Waals surface area contributed by atoms with E-state index in [4.69, 9.17) is 4.42 Å². The van der Waals surface area contributed by atoms with E-state index in [-0.39, 0.29) is 31.1 Å². The molecule has 0 fully saturated rings. The van der Waals surface area contributed by atoms with Crippen LogP contribution in [0.3, 0.4) is 0 Å². The second-order valence-corrected chi connectivity index (χ2v) is 18.0. The van der Waals surface area contributed by atoms with Crippen LogP contribution < -0.4 is 5.19 Å². The Balaban J connectivity index is 0.000000204. The van der Waals surface area contributed by atoms with Gasteiger partial charge in [-0.3, -0.25) is 0 Å². The fourth-order valence-corrected chi connectivity index (χ4v) is 6.99. The van der Waals surface area contributed by atoms with Crippen molar-refractivity contribution in [1.82, 2.24) is 9.97 Å². The van der Waals surface area contributed by atoms with Crippen LogP contribution in [0.4, 0.5) is 8.78 Å². The SMILES string of the molecule is CC(C)Cc1cc(-c2[c-]cccc2)ncc1[Si](C)(C)C.CC(C)c1ccnc(-c2[c-]ccc3c2oc2cc(F)cc(F)c23)c1.[Ir]. The molecule has 3 aromatic heterocycles. The van der Waals surface area contributed by atoms with Gasteiger partial charge < -0.3 is 14.4 Å². The minimum Gasteiger partial charge on any atom is -0.500 e. The maximum absolute atomic E-state index is 14.2. The molecule has 6 rings (SSSR count). The van der Waals surface area contributed by atoms with Gasteiger partial charge in [0.05, 0.1) is 13.7 Å². The first-order chi connectivity index (χ1) is 20.9. The summed E-state index contributed by atoms with van der Waals surface area (Å²) >= 11 is 0. The topological polar surface area (TPSA) is 38.9 Å². The molecule has 0 aliphatic carbocycles. The number of furan rings is 1. The minimum absolute atomic E-state index is 0. The van der Waals surface area contributed by atoms with Crippen LogP contribution in [0.1, 0.15) is 44.7 Å². The fraction of sp³-hybridized carbons (Fsp3) is 0.263. The van der Waals surface area contributed by atoms with Crippen molar-refractivity contribution in [3.8, 4) is 22.5 Å². The molecule has 0 saturated heterocycles. The van der Waals surface area contributed by atoms with Crippen LogP contribution in [-0.4, -0.2) is 18.0 Å². The molecule has 45 heavy (non-hydrogen) atoms. The van der Waals surface area contributed by atoms with Crippen LogP contribution >= 0.6 is 0 Å². The Morgan fingerprint density at radius 1 is 0.867 bits per heavy atom. The summed E-state index contributed by atoms with van der Waals surface area (Å²) in [6.45, 7) is 15.9. The Morgan fingerprint density at radius 3 is 2.31 bits per heavy atom. The monoisotopic (exact) mass is 797 g/mol. The molecule has 0 atom stereocenters. The normalized spacial score (nSPS) is 11.5. The van der Waals surface area contributed by atoms with Gasteiger partial charge in [0.25, 0.3) is 0 Å². The maximum Gasteiger partial charge on any atom is 0.136 e. The molecule has 7 heteroatoms. The van der Waals surface area contributed by atoms with Crippen LogP contribution in [0, 0.1) is 29.7 Å². The summed E-state index contributed by atoms with van der Waals surface area (Å²) < 4.78 is 33.4. The van der Waals surface area contributed by atoms with Crippen molar-refractivity contribution in [2.45, 2.75) is 59.7 Å². The molecule has 0 N–H and O–H groups in total. The number of fused-ring (bicyclic) bond motifs is 3. The maximum atomic E-state index is 14.2. The number of halogens is 2. The number of aromatic nitrogens is 2. The Hall–Kier alpha value is -3.51. The molecule has 3 aromatic carbocycles. The molecule has 0 saturated carbocycles. The van der Waals surface area contributed by atoms with Gasteiger partial charge in [-0.2, -0.15) is 0 Å². The standard InChI is InChI=1S/C20H14F2NO.C18H24NSi.Ir/c1-11(2)12-6-7-23-17(8-12)14-4-3-5-15-19-16(22)9-13(21)10-18(19)24-20(14)15;1-14(2)11-16-12-17(15-9-7-6-8-10-15)19-13-18(16)20(3,4)5;/h3,5-11H,1-2H3;6-9,12-14H,11H2,1-5H3;/q2*-1;. The zero-order valence-electron chi connectivity index (χ0n) is 26.8. The Kier molecular flexibility index (Phi) is 10.9. The smallest absolute Gasteiger partial charge is 0.136 e. The third kappa shape index (κ3) is 7.83. The van der Waals surface area contributed by atoms with E-state index in [1.807, 2.05) is 30.3 Å². The first kappa shape index (κ1) is 34.4. The third-order valence-electron chi connectivity index (χ3n) is 7.57. The van der Waals surface area contributed by atoms with Crippen molar-refractivity contribution in [3.63, 3.8) is 0 Å². The van der Waals surface area contributed by atoms with E-state index >= 15 is 0 Å². The molecule has 0 aliphatic heterocycles. The summed E-state index contributed by atoms with van der Waals surface area (Å²) in [7, 11) is -1.34. The molecule has 6 aromatic rings. The Bertz CT molecular complexity index is 1910. The average Bonchev–Trinajstić information content (AvgIpc) is 3.36. The Labute approximate surface area is 279 Å². The molecule has 0 amide bonds. The van der Waals surface area contributed by atoms with Gasteiger partial charge in [0.1, 0.15) is 17.2 Å². The van der Waals surface area contributed by atoms with Gasteiger partial charge in [-0.05, 0) is 40.9 Å². The van der Waals surface area contributed by atoms with Gasteiger partial charge in [-0.15, -0.1) is 54.1 Å². The van der Waals surface area contributed by atoms with Crippen LogP contribution in [0.15, 0.2) is 83.5 Å². The number of rotatable bonds is 6. The summed E-state index contributed by atoms with van der Waals surface area (Å²) in [6.07, 6.45) is 4.97. The molecule has 0 unspecified atom stereocenters. The molecule has 1 radical (unpaired) electrons. The number of hydrogen-bond donors (Lipinski definition) is 0. The first-order valence-electron chi connectivity index (χ1n) is 15.1. The second-order valence-electron chi connectivity index (χ2n) is 12.9. The summed E-state index contributed by atoms with van der Waals surface area (Å²) in [6, 6.07) is 26.2. The van der Waals surface area contributed by atoms with Crippen LogP contribution in [0.5, 0.6) is 0 Å². The average molecular weight is 797 g/mol. The molecule has 0 spiro atoms. The van der Waals surface area contributed by atoms with Crippen LogP contribution in [-0.2, 0) is 26.5 Å². The van der Waals surface area contributed by atoms with Crippen molar-refractivity contribution in [2.24, 2.45) is 5.92 Å². The molecule has 235 valence electrons. The van der Waals surface area contributed by atoms with Crippen molar-refractivity contribution in [3.05, 3.63) is 114 Å². The minimum atomic E-state index is -1.34. The van der Waals surface area contributed by atoms with Gasteiger partial charge in [-0.25, -0.2) is 8.78 Å². The van der Waals surface area contributed by atoms with E-state index in [0.29, 0.717) is 34.1 Å². The van der Waals surface area contributed by atoms with Crippen LogP contribution in [0.25, 0.3) is 44.5 Å². The zero-order chi connectivity index (χ0) is 31.6. The number of hydrogen-bond acceptors (Lipinski definition) is 3. The predicted molar refractivity (Wildman–Crippen MR) is 180 cm³/mol. The van der Waals surface area contributed by atoms with Crippen molar-refractivity contribution < 1.29 is 33.3 Å². The van der Waals surface area contributed by atoms with Crippen LogP contribution in [0.2, 0.25) is 19.6 Å². The van der Waals surface area contributed by atoms with Crippen molar-refractivity contribution in [2.75, 3.05) is 0 Å². The second kappa shape index (κ2) is 14.3. The molecule has 0 aliphatic rings. The number of pyridine rings is 2. The van der Waals surface area contributed by atoms with E-state index in [2.05, 4.69) is 87.8 Å². The molecular formula is C38H38F2IrN2OSi-2. The Morgan fingerprint density at radius 2 is 1.64 bits per heavy atom. The molecular weight excluding hydrogens is 759 g/mol. The fourth-order valence-electron chi connectivity index (χ4n) is 5.40. The predicted octanol–water partition coefficient (Wildman–Crippen LogP) is 10.1. The van der Waals surface area contributed by atoms with Crippen molar-refractivity contribution >= 4 is 35.2 Å². The third-order valence-corrected chi connectivity index (χ3v) is 9.63.